The lowest BCUT2D eigenvalue weighted by molar-refractivity contribution is -0.123. The Hall–Kier alpha value is -2.78. The van der Waals surface area contributed by atoms with Crippen molar-refractivity contribution in [1.82, 2.24) is 24.9 Å². The third-order valence-corrected chi connectivity index (χ3v) is 8.28. The molecule has 9 nitrogen and oxygen atoms in total. The van der Waals surface area contributed by atoms with Gasteiger partial charge in [-0.1, -0.05) is 18.5 Å². The van der Waals surface area contributed by atoms with Crippen LogP contribution in [0, 0.1) is 11.8 Å². The summed E-state index contributed by atoms with van der Waals surface area (Å²) in [7, 11) is 1.89. The molecule has 1 saturated heterocycles. The van der Waals surface area contributed by atoms with Crippen molar-refractivity contribution >= 4 is 40.7 Å². The number of hydrogen-bond donors (Lipinski definition) is 2. The molecule has 10 heteroatoms. The number of aryl methyl sites for hydroxylation is 1. The SMILES string of the molecule is CCCN1CCN(C(=O)NCC2CCC(C(=O)N3Cc4cnn(C)c4Nc4cc(Cl)ccc43)CC2)CC1. The summed E-state index contributed by atoms with van der Waals surface area (Å²) in [6, 6.07) is 5.67. The van der Waals surface area contributed by atoms with Gasteiger partial charge in [-0.3, -0.25) is 14.4 Å². The van der Waals surface area contributed by atoms with Crippen LogP contribution < -0.4 is 15.5 Å². The van der Waals surface area contributed by atoms with Gasteiger partial charge in [-0.05, 0) is 62.8 Å². The molecule has 5 rings (SSSR count). The number of fused-ring (bicyclic) bond motifs is 2. The summed E-state index contributed by atoms with van der Waals surface area (Å²) in [6.45, 7) is 7.96. The Morgan fingerprint density at radius 3 is 2.62 bits per heavy atom. The van der Waals surface area contributed by atoms with Gasteiger partial charge in [-0.15, -0.1) is 0 Å². The van der Waals surface area contributed by atoms with Gasteiger partial charge in [0.2, 0.25) is 5.91 Å². The van der Waals surface area contributed by atoms with Gasteiger partial charge >= 0.3 is 6.03 Å². The number of hydrogen-bond acceptors (Lipinski definition) is 5. The van der Waals surface area contributed by atoms with Crippen LogP contribution >= 0.6 is 11.6 Å². The van der Waals surface area contributed by atoms with Gasteiger partial charge in [0.1, 0.15) is 5.82 Å². The Kier molecular flexibility index (Phi) is 7.90. The predicted molar refractivity (Wildman–Crippen MR) is 146 cm³/mol. The predicted octanol–water partition coefficient (Wildman–Crippen LogP) is 4.21. The normalized spacial score (nSPS) is 22.0. The second-order valence-electron chi connectivity index (χ2n) is 10.6. The van der Waals surface area contributed by atoms with Gasteiger partial charge in [0.15, 0.2) is 0 Å². The number of nitrogens with one attached hydrogen (secondary N) is 2. The van der Waals surface area contributed by atoms with Crippen LogP contribution in [-0.4, -0.2) is 70.8 Å². The number of benzene rings is 1. The van der Waals surface area contributed by atoms with Gasteiger partial charge < -0.3 is 20.4 Å². The molecule has 1 aliphatic carbocycles. The average molecular weight is 528 g/mol. The minimum absolute atomic E-state index is 0.0275. The van der Waals surface area contributed by atoms with Crippen molar-refractivity contribution in [2.75, 3.05) is 49.5 Å². The van der Waals surface area contributed by atoms with Crippen molar-refractivity contribution in [3.05, 3.63) is 35.0 Å². The molecule has 0 unspecified atom stereocenters. The fourth-order valence-corrected chi connectivity index (χ4v) is 6.02. The average Bonchev–Trinajstić information content (AvgIpc) is 3.16. The zero-order valence-electron chi connectivity index (χ0n) is 21.9. The number of piperazine rings is 1. The van der Waals surface area contributed by atoms with Crippen LogP contribution in [0.15, 0.2) is 24.4 Å². The highest BCUT2D eigenvalue weighted by Crippen LogP contribution is 2.39. The number of carbonyl (C=O) groups excluding carboxylic acids is 2. The van der Waals surface area contributed by atoms with Crippen LogP contribution in [0.3, 0.4) is 0 Å². The molecule has 0 spiro atoms. The van der Waals surface area contributed by atoms with Crippen LogP contribution in [0.1, 0.15) is 44.6 Å². The lowest BCUT2D eigenvalue weighted by Crippen LogP contribution is -2.52. The van der Waals surface area contributed by atoms with Crippen LogP contribution in [0.2, 0.25) is 5.02 Å². The number of rotatable bonds is 5. The van der Waals surface area contributed by atoms with Crippen LogP contribution in [-0.2, 0) is 18.4 Å². The standard InChI is InChI=1S/C27H38ClN7O2/c1-3-10-33-11-13-34(14-12-33)27(37)29-16-19-4-6-20(7-5-19)26(36)35-18-21-17-30-32(2)25(21)31-23-15-22(28)8-9-24(23)35/h8-9,15,17,19-20,31H,3-7,10-14,16,18H2,1-2H3,(H,29,37). The van der Waals surface area contributed by atoms with Gasteiger partial charge in [0, 0.05) is 56.3 Å². The molecule has 0 bridgehead atoms. The molecule has 0 radical (unpaired) electrons. The van der Waals surface area contributed by atoms with E-state index in [0.717, 1.165) is 87.6 Å². The first kappa shape index (κ1) is 25.9. The number of aromatic nitrogens is 2. The number of urea groups is 1. The zero-order valence-corrected chi connectivity index (χ0v) is 22.6. The summed E-state index contributed by atoms with van der Waals surface area (Å²) in [5.74, 6) is 1.41. The summed E-state index contributed by atoms with van der Waals surface area (Å²) < 4.78 is 1.79. The Balaban J connectivity index is 1.16. The first-order valence-electron chi connectivity index (χ1n) is 13.6. The molecule has 2 aromatic rings. The van der Waals surface area contributed by atoms with E-state index in [4.69, 9.17) is 11.6 Å². The summed E-state index contributed by atoms with van der Waals surface area (Å²) >= 11 is 6.28. The molecule has 3 heterocycles. The van der Waals surface area contributed by atoms with Crippen molar-refractivity contribution in [3.8, 4) is 0 Å². The molecule has 3 aliphatic rings. The fourth-order valence-electron chi connectivity index (χ4n) is 5.85. The maximum Gasteiger partial charge on any atom is 0.317 e. The second kappa shape index (κ2) is 11.3. The fraction of sp³-hybridized carbons (Fsp3) is 0.593. The third-order valence-electron chi connectivity index (χ3n) is 8.05. The van der Waals surface area contributed by atoms with E-state index >= 15 is 0 Å². The van der Waals surface area contributed by atoms with Crippen molar-refractivity contribution in [3.63, 3.8) is 0 Å². The molecule has 2 fully saturated rings. The summed E-state index contributed by atoms with van der Waals surface area (Å²) in [4.78, 5) is 32.7. The molecular formula is C27H38ClN7O2. The smallest absolute Gasteiger partial charge is 0.317 e. The Morgan fingerprint density at radius 1 is 1.14 bits per heavy atom. The third kappa shape index (κ3) is 5.72. The zero-order chi connectivity index (χ0) is 25.9. The molecule has 37 heavy (non-hydrogen) atoms. The van der Waals surface area contributed by atoms with Gasteiger partial charge in [0.05, 0.1) is 24.1 Å². The Labute approximate surface area is 224 Å². The molecule has 1 aromatic heterocycles. The number of nitrogens with zero attached hydrogens (tertiary/aromatic N) is 5. The van der Waals surface area contributed by atoms with E-state index in [1.807, 2.05) is 41.2 Å². The van der Waals surface area contributed by atoms with E-state index in [1.54, 1.807) is 4.68 Å². The van der Waals surface area contributed by atoms with Crippen molar-refractivity contribution < 1.29 is 9.59 Å². The number of carbonyl (C=O) groups is 2. The van der Waals surface area contributed by atoms with Crippen molar-refractivity contribution in [2.45, 2.75) is 45.6 Å². The second-order valence-corrected chi connectivity index (χ2v) is 11.0. The lowest BCUT2D eigenvalue weighted by Gasteiger charge is -2.35. The highest BCUT2D eigenvalue weighted by molar-refractivity contribution is 6.31. The number of anilines is 3. The van der Waals surface area contributed by atoms with Crippen molar-refractivity contribution in [2.24, 2.45) is 18.9 Å². The molecule has 0 atom stereocenters. The minimum atomic E-state index is -0.0275. The van der Waals surface area contributed by atoms with E-state index in [0.29, 0.717) is 24.0 Å². The highest BCUT2D eigenvalue weighted by Gasteiger charge is 2.33. The van der Waals surface area contributed by atoms with E-state index in [9.17, 15) is 9.59 Å². The minimum Gasteiger partial charge on any atom is -0.338 e. The lowest BCUT2D eigenvalue weighted by atomic mass is 9.81. The largest absolute Gasteiger partial charge is 0.338 e. The molecule has 2 N–H and O–H groups in total. The number of amides is 3. The molecule has 1 saturated carbocycles. The molecule has 3 amide bonds. The molecule has 2 aliphatic heterocycles. The van der Waals surface area contributed by atoms with E-state index in [-0.39, 0.29) is 17.9 Å². The van der Waals surface area contributed by atoms with Gasteiger partial charge in [-0.2, -0.15) is 5.10 Å². The first-order valence-corrected chi connectivity index (χ1v) is 13.9. The van der Waals surface area contributed by atoms with Gasteiger partial charge in [-0.25, -0.2) is 4.79 Å². The molecule has 1 aromatic carbocycles. The summed E-state index contributed by atoms with van der Waals surface area (Å²) in [6.07, 6.45) is 6.53. The van der Waals surface area contributed by atoms with E-state index < -0.39 is 0 Å². The summed E-state index contributed by atoms with van der Waals surface area (Å²) in [5.41, 5.74) is 2.64. The van der Waals surface area contributed by atoms with Crippen LogP contribution in [0.4, 0.5) is 22.0 Å². The van der Waals surface area contributed by atoms with E-state index in [2.05, 4.69) is 27.6 Å². The Morgan fingerprint density at radius 2 is 1.89 bits per heavy atom. The maximum atomic E-state index is 13.8. The van der Waals surface area contributed by atoms with Gasteiger partial charge in [0.25, 0.3) is 0 Å². The number of halogens is 1. The summed E-state index contributed by atoms with van der Waals surface area (Å²) in [5, 5.41) is 11.6. The monoisotopic (exact) mass is 527 g/mol. The van der Waals surface area contributed by atoms with Crippen molar-refractivity contribution in [1.29, 1.82) is 0 Å². The highest BCUT2D eigenvalue weighted by atomic mass is 35.5. The molecular weight excluding hydrogens is 490 g/mol. The van der Waals surface area contributed by atoms with Crippen LogP contribution in [0.5, 0.6) is 0 Å². The van der Waals surface area contributed by atoms with Crippen LogP contribution in [0.25, 0.3) is 0 Å². The Bertz CT molecular complexity index is 1120. The quantitative estimate of drug-likeness (QED) is 0.608. The molecule has 200 valence electrons. The van der Waals surface area contributed by atoms with E-state index in [1.165, 1.54) is 0 Å². The topological polar surface area (TPSA) is 85.7 Å². The maximum absolute atomic E-state index is 13.8. The first-order chi connectivity index (χ1) is 17.9.